The molecule has 3 rings (SSSR count). The molecule has 23 heavy (non-hydrogen) atoms. The highest BCUT2D eigenvalue weighted by Gasteiger charge is 2.16. The molecule has 0 aliphatic heterocycles. The lowest BCUT2D eigenvalue weighted by atomic mass is 10.1. The third-order valence-electron chi connectivity index (χ3n) is 2.98. The summed E-state index contributed by atoms with van der Waals surface area (Å²) in [7, 11) is 0. The van der Waals surface area contributed by atoms with Crippen molar-refractivity contribution in [2.45, 2.75) is 0 Å². The van der Waals surface area contributed by atoms with Crippen LogP contribution in [0.5, 0.6) is 0 Å². The average Bonchev–Trinajstić information content (AvgIpc) is 3.04. The van der Waals surface area contributed by atoms with Crippen LogP contribution in [0, 0.1) is 5.82 Å². The largest absolute Gasteiger partial charge is 0.321 e. The summed E-state index contributed by atoms with van der Waals surface area (Å²) in [5.41, 5.74) is 0.866. The molecule has 2 aromatic carbocycles. The number of nitrogens with zero attached hydrogens (tertiary/aromatic N) is 4. The van der Waals surface area contributed by atoms with E-state index in [2.05, 4.69) is 36.8 Å². The van der Waals surface area contributed by atoms with Crippen LogP contribution >= 0.6 is 27.5 Å². The maximum Gasteiger partial charge on any atom is 0.257 e. The lowest BCUT2D eigenvalue weighted by Gasteiger charge is -2.11. The highest BCUT2D eigenvalue weighted by atomic mass is 79.9. The third kappa shape index (κ3) is 3.38. The van der Waals surface area contributed by atoms with E-state index < -0.39 is 11.7 Å². The number of amides is 1. The van der Waals surface area contributed by atoms with E-state index in [1.54, 1.807) is 18.2 Å². The lowest BCUT2D eigenvalue weighted by molar-refractivity contribution is 0.102. The Morgan fingerprint density at radius 2 is 2.09 bits per heavy atom. The monoisotopic (exact) mass is 395 g/mol. The van der Waals surface area contributed by atoms with Crippen molar-refractivity contribution in [3.05, 3.63) is 63.6 Å². The van der Waals surface area contributed by atoms with E-state index >= 15 is 0 Å². The van der Waals surface area contributed by atoms with Crippen molar-refractivity contribution in [3.8, 4) is 5.69 Å². The van der Waals surface area contributed by atoms with Crippen molar-refractivity contribution in [2.75, 3.05) is 5.32 Å². The number of hydrogen-bond donors (Lipinski definition) is 1. The molecule has 0 atom stereocenters. The minimum atomic E-state index is -0.506. The summed E-state index contributed by atoms with van der Waals surface area (Å²) in [6.07, 6.45) is 1.28. The average molecular weight is 397 g/mol. The zero-order chi connectivity index (χ0) is 16.4. The maximum absolute atomic E-state index is 13.5. The van der Waals surface area contributed by atoms with Crippen molar-refractivity contribution >= 4 is 39.1 Å². The van der Waals surface area contributed by atoms with Crippen molar-refractivity contribution < 1.29 is 9.18 Å². The van der Waals surface area contributed by atoms with Gasteiger partial charge < -0.3 is 5.32 Å². The van der Waals surface area contributed by atoms with Gasteiger partial charge in [-0.05, 0) is 40.8 Å². The smallest absolute Gasteiger partial charge is 0.257 e. The molecule has 0 bridgehead atoms. The molecule has 0 radical (unpaired) electrons. The predicted molar refractivity (Wildman–Crippen MR) is 86.2 cm³/mol. The first-order valence-electron chi connectivity index (χ1n) is 6.34. The summed E-state index contributed by atoms with van der Waals surface area (Å²) in [6.45, 7) is 0. The molecule has 1 N–H and O–H groups in total. The van der Waals surface area contributed by atoms with Gasteiger partial charge in [0.05, 0.1) is 22.0 Å². The molecule has 9 heteroatoms. The molecule has 116 valence electrons. The van der Waals surface area contributed by atoms with Gasteiger partial charge in [0.1, 0.15) is 12.1 Å². The number of nitrogens with one attached hydrogen (secondary N) is 1. The van der Waals surface area contributed by atoms with Crippen molar-refractivity contribution in [1.29, 1.82) is 0 Å². The maximum atomic E-state index is 13.5. The Morgan fingerprint density at radius 1 is 1.26 bits per heavy atom. The fourth-order valence-electron chi connectivity index (χ4n) is 1.94. The number of carbonyl (C=O) groups excluding carboxylic acids is 1. The van der Waals surface area contributed by atoms with E-state index in [1.807, 2.05) is 0 Å². The Morgan fingerprint density at radius 3 is 2.78 bits per heavy atom. The molecule has 1 amide bonds. The number of anilines is 1. The standard InChI is InChI=1S/C14H8BrClFN5O/c15-8-1-4-12(11(16)5-8)19-14(23)10-3-2-9(17)6-13(10)22-7-18-20-21-22/h1-7H,(H,19,23). The molecular formula is C14H8BrClFN5O. The lowest BCUT2D eigenvalue weighted by Crippen LogP contribution is -2.16. The van der Waals surface area contributed by atoms with Crippen molar-refractivity contribution in [1.82, 2.24) is 20.2 Å². The zero-order valence-electron chi connectivity index (χ0n) is 11.4. The Bertz CT molecular complexity index is 872. The van der Waals surface area contributed by atoms with Crippen LogP contribution in [-0.4, -0.2) is 26.1 Å². The molecule has 3 aromatic rings. The highest BCUT2D eigenvalue weighted by molar-refractivity contribution is 9.10. The van der Waals surface area contributed by atoms with Gasteiger partial charge in [-0.25, -0.2) is 4.39 Å². The Labute approximate surface area is 143 Å². The zero-order valence-corrected chi connectivity index (χ0v) is 13.7. The van der Waals surface area contributed by atoms with Crippen LogP contribution in [0.4, 0.5) is 10.1 Å². The van der Waals surface area contributed by atoms with Crippen LogP contribution in [0.25, 0.3) is 5.69 Å². The molecule has 0 unspecified atom stereocenters. The fourth-order valence-corrected chi connectivity index (χ4v) is 2.66. The van der Waals surface area contributed by atoms with Gasteiger partial charge in [-0.3, -0.25) is 4.79 Å². The molecule has 6 nitrogen and oxygen atoms in total. The summed E-state index contributed by atoms with van der Waals surface area (Å²) in [6, 6.07) is 8.78. The van der Waals surface area contributed by atoms with E-state index in [-0.39, 0.29) is 11.3 Å². The Kier molecular flexibility index (Phi) is 4.35. The first kappa shape index (κ1) is 15.6. The van der Waals surface area contributed by atoms with Crippen molar-refractivity contribution in [3.63, 3.8) is 0 Å². The molecular weight excluding hydrogens is 389 g/mol. The second-order valence-electron chi connectivity index (χ2n) is 4.49. The van der Waals surface area contributed by atoms with Gasteiger partial charge in [0, 0.05) is 10.5 Å². The van der Waals surface area contributed by atoms with E-state index in [4.69, 9.17) is 11.6 Å². The van der Waals surface area contributed by atoms with Crippen LogP contribution < -0.4 is 5.32 Å². The summed E-state index contributed by atoms with van der Waals surface area (Å²) in [5, 5.41) is 13.7. The molecule has 1 heterocycles. The molecule has 0 saturated heterocycles. The van der Waals surface area contributed by atoms with Crippen LogP contribution in [-0.2, 0) is 0 Å². The van der Waals surface area contributed by atoms with Crippen LogP contribution in [0.2, 0.25) is 5.02 Å². The van der Waals surface area contributed by atoms with Gasteiger partial charge in [0.25, 0.3) is 5.91 Å². The van der Waals surface area contributed by atoms with E-state index in [0.29, 0.717) is 10.7 Å². The van der Waals surface area contributed by atoms with Gasteiger partial charge in [0.2, 0.25) is 0 Å². The molecule has 1 aromatic heterocycles. The number of carbonyl (C=O) groups is 1. The Hall–Kier alpha value is -2.32. The van der Waals surface area contributed by atoms with Crippen LogP contribution in [0.3, 0.4) is 0 Å². The molecule has 0 aliphatic carbocycles. The van der Waals surface area contributed by atoms with Gasteiger partial charge >= 0.3 is 0 Å². The second-order valence-corrected chi connectivity index (χ2v) is 5.82. The van der Waals surface area contributed by atoms with Gasteiger partial charge in [-0.2, -0.15) is 4.68 Å². The van der Waals surface area contributed by atoms with Gasteiger partial charge in [-0.1, -0.05) is 27.5 Å². The third-order valence-corrected chi connectivity index (χ3v) is 3.79. The Balaban J connectivity index is 1.97. The molecule has 0 aliphatic rings. The summed E-state index contributed by atoms with van der Waals surface area (Å²) in [4.78, 5) is 12.5. The number of aromatic nitrogens is 4. The summed E-state index contributed by atoms with van der Waals surface area (Å²) in [5.74, 6) is -0.964. The predicted octanol–water partition coefficient (Wildman–Crippen LogP) is 3.47. The van der Waals surface area contributed by atoms with Crippen LogP contribution in [0.1, 0.15) is 10.4 Å². The first-order valence-corrected chi connectivity index (χ1v) is 7.51. The van der Waals surface area contributed by atoms with E-state index in [9.17, 15) is 9.18 Å². The summed E-state index contributed by atoms with van der Waals surface area (Å²) >= 11 is 9.37. The number of tetrazole rings is 1. The highest BCUT2D eigenvalue weighted by Crippen LogP contribution is 2.26. The quantitative estimate of drug-likeness (QED) is 0.736. The molecule has 0 spiro atoms. The minimum Gasteiger partial charge on any atom is -0.321 e. The van der Waals surface area contributed by atoms with Gasteiger partial charge in [0.15, 0.2) is 0 Å². The normalized spacial score (nSPS) is 10.6. The molecule has 0 fully saturated rings. The summed E-state index contributed by atoms with van der Waals surface area (Å²) < 4.78 is 15.5. The van der Waals surface area contributed by atoms with Crippen LogP contribution in [0.15, 0.2) is 47.2 Å². The minimum absolute atomic E-state index is 0.206. The van der Waals surface area contributed by atoms with Gasteiger partial charge in [-0.15, -0.1) is 5.10 Å². The molecule has 0 saturated carbocycles. The first-order chi connectivity index (χ1) is 11.0. The number of hydrogen-bond acceptors (Lipinski definition) is 4. The van der Waals surface area contributed by atoms with Crippen molar-refractivity contribution in [2.24, 2.45) is 0 Å². The number of benzene rings is 2. The SMILES string of the molecule is O=C(Nc1ccc(Br)cc1Cl)c1ccc(F)cc1-n1cnnn1. The topological polar surface area (TPSA) is 72.7 Å². The number of halogens is 3. The fraction of sp³-hybridized carbons (Fsp3) is 0. The second kappa shape index (κ2) is 6.43. The van der Waals surface area contributed by atoms with E-state index in [0.717, 1.165) is 4.47 Å². The van der Waals surface area contributed by atoms with E-state index in [1.165, 1.54) is 29.2 Å². The number of rotatable bonds is 3.